The van der Waals surface area contributed by atoms with Gasteiger partial charge in [-0.15, -0.1) is 0 Å². The molecule has 0 aliphatic heterocycles. The number of hydrogen-bond acceptors (Lipinski definition) is 4. The van der Waals surface area contributed by atoms with Gasteiger partial charge in [0, 0.05) is 5.39 Å². The first-order valence-electron chi connectivity index (χ1n) is 8.33. The van der Waals surface area contributed by atoms with Crippen LogP contribution in [0.15, 0.2) is 53.6 Å². The van der Waals surface area contributed by atoms with Crippen molar-refractivity contribution in [3.05, 3.63) is 65.2 Å². The van der Waals surface area contributed by atoms with E-state index >= 15 is 0 Å². The summed E-state index contributed by atoms with van der Waals surface area (Å²) in [4.78, 5) is 17.3. The van der Waals surface area contributed by atoms with Gasteiger partial charge in [-0.3, -0.25) is 4.79 Å². The smallest absolute Gasteiger partial charge is 0.237 e. The molecule has 4 nitrogen and oxygen atoms in total. The number of aromatic nitrogens is 1. The fourth-order valence-corrected chi connectivity index (χ4v) is 3.67. The maximum Gasteiger partial charge on any atom is 0.237 e. The molecule has 0 aliphatic rings. The Balaban J connectivity index is 1.80. The molecule has 0 fully saturated rings. The number of benzene rings is 2. The molecule has 1 heterocycles. The molecule has 2 aromatic carbocycles. The number of para-hydroxylation sites is 2. The number of nitrogens with one attached hydrogen (secondary N) is 1. The van der Waals surface area contributed by atoms with E-state index < -0.39 is 0 Å². The minimum Gasteiger partial charge on any atom is -0.324 e. The Morgan fingerprint density at radius 2 is 1.92 bits per heavy atom. The van der Waals surface area contributed by atoms with E-state index in [-0.39, 0.29) is 11.2 Å². The SMILES string of the molecule is Cc1cc(S[C@H](C)C(=O)Nc2ccccc2C#N)nc2c(C)cccc12. The fraction of sp³-hybridized carbons (Fsp3) is 0.190. The summed E-state index contributed by atoms with van der Waals surface area (Å²) in [5, 5.41) is 13.6. The molecule has 130 valence electrons. The third kappa shape index (κ3) is 3.71. The highest BCUT2D eigenvalue weighted by Gasteiger charge is 2.17. The number of fused-ring (bicyclic) bond motifs is 1. The van der Waals surface area contributed by atoms with Crippen molar-refractivity contribution in [1.82, 2.24) is 4.98 Å². The first kappa shape index (κ1) is 18.0. The first-order chi connectivity index (χ1) is 12.5. The van der Waals surface area contributed by atoms with Crippen LogP contribution >= 0.6 is 11.8 Å². The van der Waals surface area contributed by atoms with Crippen LogP contribution in [0.5, 0.6) is 0 Å². The maximum absolute atomic E-state index is 12.5. The molecule has 1 N–H and O–H groups in total. The van der Waals surface area contributed by atoms with Crippen LogP contribution in [0.25, 0.3) is 10.9 Å². The van der Waals surface area contributed by atoms with E-state index in [1.54, 1.807) is 24.3 Å². The van der Waals surface area contributed by atoms with Crippen LogP contribution in [0.4, 0.5) is 5.69 Å². The van der Waals surface area contributed by atoms with Crippen LogP contribution in [0.2, 0.25) is 0 Å². The average molecular weight is 361 g/mol. The predicted molar refractivity (Wildman–Crippen MR) is 106 cm³/mol. The Morgan fingerprint density at radius 1 is 1.15 bits per heavy atom. The number of nitrogens with zero attached hydrogens (tertiary/aromatic N) is 2. The number of rotatable bonds is 4. The third-order valence-electron chi connectivity index (χ3n) is 4.20. The molecule has 0 unspecified atom stereocenters. The molecule has 0 aliphatic carbocycles. The molecule has 0 saturated carbocycles. The van der Waals surface area contributed by atoms with Gasteiger partial charge in [0.1, 0.15) is 6.07 Å². The van der Waals surface area contributed by atoms with Crippen molar-refractivity contribution in [3.8, 4) is 6.07 Å². The van der Waals surface area contributed by atoms with E-state index in [1.807, 2.05) is 32.0 Å². The van der Waals surface area contributed by atoms with Gasteiger partial charge in [-0.1, -0.05) is 42.1 Å². The maximum atomic E-state index is 12.5. The molecule has 0 spiro atoms. The van der Waals surface area contributed by atoms with E-state index in [1.165, 1.54) is 11.8 Å². The van der Waals surface area contributed by atoms with Crippen LogP contribution < -0.4 is 5.32 Å². The van der Waals surface area contributed by atoms with Crippen molar-refractivity contribution in [2.45, 2.75) is 31.0 Å². The fourth-order valence-electron chi connectivity index (χ4n) is 2.75. The summed E-state index contributed by atoms with van der Waals surface area (Å²) in [7, 11) is 0. The molecule has 0 bridgehead atoms. The molecule has 1 amide bonds. The standard InChI is InChI=1S/C21H19N3OS/c1-13-7-6-9-17-14(2)11-19(24-20(13)17)26-15(3)21(25)23-18-10-5-4-8-16(18)12-22/h4-11,15H,1-3H3,(H,23,25)/t15-/m1/s1. The molecule has 0 saturated heterocycles. The second kappa shape index (κ2) is 7.59. The van der Waals surface area contributed by atoms with E-state index in [4.69, 9.17) is 10.2 Å². The summed E-state index contributed by atoms with van der Waals surface area (Å²) in [6, 6.07) is 17.2. The number of amides is 1. The summed E-state index contributed by atoms with van der Waals surface area (Å²) in [6.07, 6.45) is 0. The highest BCUT2D eigenvalue weighted by atomic mass is 32.2. The lowest BCUT2D eigenvalue weighted by Crippen LogP contribution is -2.23. The molecule has 26 heavy (non-hydrogen) atoms. The van der Waals surface area contributed by atoms with Gasteiger partial charge in [0.25, 0.3) is 0 Å². The summed E-state index contributed by atoms with van der Waals surface area (Å²) in [5.74, 6) is -0.151. The Morgan fingerprint density at radius 3 is 2.69 bits per heavy atom. The predicted octanol–water partition coefficient (Wildman–Crippen LogP) is 4.84. The summed E-state index contributed by atoms with van der Waals surface area (Å²) < 4.78 is 0. The van der Waals surface area contributed by atoms with E-state index in [9.17, 15) is 4.79 Å². The summed E-state index contributed by atoms with van der Waals surface area (Å²) >= 11 is 1.42. The second-order valence-electron chi connectivity index (χ2n) is 6.16. The lowest BCUT2D eigenvalue weighted by molar-refractivity contribution is -0.115. The van der Waals surface area contributed by atoms with E-state index in [0.717, 1.165) is 27.1 Å². The van der Waals surface area contributed by atoms with E-state index in [2.05, 4.69) is 24.4 Å². The summed E-state index contributed by atoms with van der Waals surface area (Å²) in [6.45, 7) is 5.94. The first-order valence-corrected chi connectivity index (χ1v) is 9.21. The average Bonchev–Trinajstić information content (AvgIpc) is 2.63. The van der Waals surface area contributed by atoms with Gasteiger partial charge in [-0.05, 0) is 50.1 Å². The number of nitriles is 1. The quantitative estimate of drug-likeness (QED) is 0.675. The van der Waals surface area contributed by atoms with Crippen molar-refractivity contribution >= 4 is 34.3 Å². The lowest BCUT2D eigenvalue weighted by Gasteiger charge is -2.14. The van der Waals surface area contributed by atoms with Crippen molar-refractivity contribution in [2.24, 2.45) is 0 Å². The zero-order valence-corrected chi connectivity index (χ0v) is 15.7. The molecule has 5 heteroatoms. The van der Waals surface area contributed by atoms with Gasteiger partial charge in [-0.25, -0.2) is 4.98 Å². The number of aryl methyl sites for hydroxylation is 2. The number of carbonyl (C=O) groups excluding carboxylic acids is 1. The zero-order chi connectivity index (χ0) is 18.7. The molecule has 0 radical (unpaired) electrons. The minimum atomic E-state index is -0.338. The molecular formula is C21H19N3OS. The molecule has 3 aromatic rings. The lowest BCUT2D eigenvalue weighted by atomic mass is 10.1. The second-order valence-corrected chi connectivity index (χ2v) is 7.52. The van der Waals surface area contributed by atoms with Crippen LogP contribution in [-0.4, -0.2) is 16.1 Å². The number of hydrogen-bond donors (Lipinski definition) is 1. The summed E-state index contributed by atoms with van der Waals surface area (Å²) in [5.41, 5.74) is 4.22. The Kier molecular flexibility index (Phi) is 5.24. The van der Waals surface area contributed by atoms with Crippen molar-refractivity contribution < 1.29 is 4.79 Å². The Hall–Kier alpha value is -2.84. The number of thioether (sulfide) groups is 1. The minimum absolute atomic E-state index is 0.151. The zero-order valence-electron chi connectivity index (χ0n) is 14.9. The van der Waals surface area contributed by atoms with E-state index in [0.29, 0.717) is 11.3 Å². The van der Waals surface area contributed by atoms with Gasteiger partial charge in [0.2, 0.25) is 5.91 Å². The van der Waals surface area contributed by atoms with Crippen molar-refractivity contribution in [2.75, 3.05) is 5.32 Å². The van der Waals surface area contributed by atoms with Crippen molar-refractivity contribution in [3.63, 3.8) is 0 Å². The number of anilines is 1. The van der Waals surface area contributed by atoms with Crippen molar-refractivity contribution in [1.29, 1.82) is 5.26 Å². The normalized spacial score (nSPS) is 11.8. The topological polar surface area (TPSA) is 65.8 Å². The third-order valence-corrected chi connectivity index (χ3v) is 5.21. The molecule has 3 rings (SSSR count). The van der Waals surface area contributed by atoms with Gasteiger partial charge in [0.05, 0.1) is 27.0 Å². The monoisotopic (exact) mass is 361 g/mol. The number of pyridine rings is 1. The Bertz CT molecular complexity index is 1020. The highest BCUT2D eigenvalue weighted by Crippen LogP contribution is 2.28. The Labute approximate surface area is 157 Å². The van der Waals surface area contributed by atoms with Gasteiger partial charge in [0.15, 0.2) is 0 Å². The largest absolute Gasteiger partial charge is 0.324 e. The van der Waals surface area contributed by atoms with Gasteiger partial charge >= 0.3 is 0 Å². The molecule has 1 atom stereocenters. The van der Waals surface area contributed by atoms with Crippen LogP contribution in [0.1, 0.15) is 23.6 Å². The highest BCUT2D eigenvalue weighted by molar-refractivity contribution is 8.00. The molecule has 1 aromatic heterocycles. The van der Waals surface area contributed by atoms with Crippen LogP contribution in [0.3, 0.4) is 0 Å². The van der Waals surface area contributed by atoms with Crippen LogP contribution in [-0.2, 0) is 4.79 Å². The number of carbonyl (C=O) groups is 1. The molecular weight excluding hydrogens is 342 g/mol. The van der Waals surface area contributed by atoms with Gasteiger partial charge in [-0.2, -0.15) is 5.26 Å². The van der Waals surface area contributed by atoms with Gasteiger partial charge < -0.3 is 5.32 Å². The van der Waals surface area contributed by atoms with Crippen LogP contribution in [0, 0.1) is 25.2 Å².